The van der Waals surface area contributed by atoms with Crippen molar-refractivity contribution in [2.45, 2.75) is 91.0 Å². The summed E-state index contributed by atoms with van der Waals surface area (Å²) in [5.41, 5.74) is 5.82. The van der Waals surface area contributed by atoms with Gasteiger partial charge in [-0.3, -0.25) is 14.4 Å². The fourth-order valence-electron chi connectivity index (χ4n) is 4.88. The van der Waals surface area contributed by atoms with E-state index < -0.39 is 47.0 Å². The summed E-state index contributed by atoms with van der Waals surface area (Å²) in [5.74, 6) is -1.55. The van der Waals surface area contributed by atoms with Gasteiger partial charge in [-0.2, -0.15) is 0 Å². The van der Waals surface area contributed by atoms with Crippen molar-refractivity contribution in [2.24, 2.45) is 5.73 Å². The average Bonchev–Trinajstić information content (AvgIpc) is 2.92. The van der Waals surface area contributed by atoms with Gasteiger partial charge in [0, 0.05) is 17.6 Å². The molecule has 0 radical (unpaired) electrons. The number of hydrogen-bond donors (Lipinski definition) is 3. The zero-order valence-corrected chi connectivity index (χ0v) is 26.2. The van der Waals surface area contributed by atoms with Crippen LogP contribution < -0.4 is 16.4 Å². The number of nitrogens with zero attached hydrogens (tertiary/aromatic N) is 1. The molecular weight excluding hydrogens is 544 g/mol. The van der Waals surface area contributed by atoms with E-state index >= 15 is 0 Å². The number of anilines is 1. The molecule has 0 aliphatic heterocycles. The van der Waals surface area contributed by atoms with E-state index in [2.05, 4.69) is 10.6 Å². The Bertz CT molecular complexity index is 1480. The van der Waals surface area contributed by atoms with Crippen molar-refractivity contribution in [1.29, 1.82) is 0 Å². The molecule has 0 fully saturated rings. The molecule has 43 heavy (non-hydrogen) atoms. The summed E-state index contributed by atoms with van der Waals surface area (Å²) in [6, 6.07) is 18.6. The second-order valence-electron chi connectivity index (χ2n) is 12.4. The molecule has 2 unspecified atom stereocenters. The maximum Gasteiger partial charge on any atom is 0.408 e. The summed E-state index contributed by atoms with van der Waals surface area (Å²) in [4.78, 5) is 55.0. The highest BCUT2D eigenvalue weighted by Crippen LogP contribution is 2.35. The molecule has 2 atom stereocenters. The van der Waals surface area contributed by atoms with E-state index in [0.29, 0.717) is 17.7 Å². The van der Waals surface area contributed by atoms with E-state index in [9.17, 15) is 19.2 Å². The van der Waals surface area contributed by atoms with E-state index in [0.717, 1.165) is 16.3 Å². The fraction of sp³-hybridized carbons (Fsp3) is 0.412. The van der Waals surface area contributed by atoms with E-state index in [1.54, 1.807) is 20.8 Å². The Kier molecular flexibility index (Phi) is 10.6. The molecule has 0 aliphatic rings. The molecule has 3 aromatic rings. The maximum atomic E-state index is 14.5. The molecular formula is C34H44N4O5. The standard InChI is InChI=1S/C34H44N4O5/c1-8-34(6,7)38(31(41)27(19-20-28(35)39)37-32(42)43-33(3,4)5)29(26-16-12-9-13-22(26)2)30(40)36-25-18-17-23-14-10-11-15-24(23)21-25/h9-18,21,27,29H,8,19-20H2,1-7H3,(H2,35,39)(H,36,40)(H,37,42). The predicted molar refractivity (Wildman–Crippen MR) is 169 cm³/mol. The number of rotatable bonds is 11. The van der Waals surface area contributed by atoms with Crippen LogP contribution in [-0.2, 0) is 19.1 Å². The Morgan fingerprint density at radius 2 is 1.53 bits per heavy atom. The summed E-state index contributed by atoms with van der Waals surface area (Å²) in [6.45, 7) is 12.7. The molecule has 9 nitrogen and oxygen atoms in total. The van der Waals surface area contributed by atoms with Crippen LogP contribution in [0.3, 0.4) is 0 Å². The lowest BCUT2D eigenvalue weighted by molar-refractivity contribution is -0.148. The number of hydrogen-bond acceptors (Lipinski definition) is 5. The Morgan fingerprint density at radius 1 is 0.907 bits per heavy atom. The van der Waals surface area contributed by atoms with Crippen molar-refractivity contribution in [3.8, 4) is 0 Å². The quantitative estimate of drug-likeness (QED) is 0.253. The van der Waals surface area contributed by atoms with E-state index in [-0.39, 0.29) is 12.8 Å². The molecule has 0 aliphatic carbocycles. The highest BCUT2D eigenvalue weighted by atomic mass is 16.6. The van der Waals surface area contributed by atoms with Crippen LogP contribution in [-0.4, -0.2) is 45.9 Å². The molecule has 9 heteroatoms. The summed E-state index contributed by atoms with van der Waals surface area (Å²) in [5, 5.41) is 7.67. The lowest BCUT2D eigenvalue weighted by Gasteiger charge is -2.45. The maximum absolute atomic E-state index is 14.5. The Hall–Kier alpha value is -4.40. The second-order valence-corrected chi connectivity index (χ2v) is 12.4. The summed E-state index contributed by atoms with van der Waals surface area (Å²) in [6.07, 6.45) is -0.515. The van der Waals surface area contributed by atoms with Crippen LogP contribution in [0.5, 0.6) is 0 Å². The number of fused-ring (bicyclic) bond motifs is 1. The third-order valence-electron chi connectivity index (χ3n) is 7.43. The minimum absolute atomic E-state index is 0.0590. The number of nitrogens with one attached hydrogen (secondary N) is 2. The molecule has 230 valence electrons. The monoisotopic (exact) mass is 588 g/mol. The zero-order valence-electron chi connectivity index (χ0n) is 26.2. The van der Waals surface area contributed by atoms with Crippen LogP contribution in [0.4, 0.5) is 10.5 Å². The number of benzene rings is 3. The van der Waals surface area contributed by atoms with Crippen molar-refractivity contribution in [3.63, 3.8) is 0 Å². The van der Waals surface area contributed by atoms with Gasteiger partial charge in [0.15, 0.2) is 0 Å². The first-order chi connectivity index (χ1) is 20.1. The number of aryl methyl sites for hydroxylation is 1. The van der Waals surface area contributed by atoms with Crippen LogP contribution in [0.2, 0.25) is 0 Å². The van der Waals surface area contributed by atoms with Gasteiger partial charge in [0.1, 0.15) is 17.7 Å². The number of carbonyl (C=O) groups is 4. The Balaban J connectivity index is 2.11. The van der Waals surface area contributed by atoms with Crippen LogP contribution in [0.1, 0.15) is 78.0 Å². The van der Waals surface area contributed by atoms with Gasteiger partial charge < -0.3 is 26.0 Å². The molecule has 0 saturated heterocycles. The third-order valence-corrected chi connectivity index (χ3v) is 7.43. The largest absolute Gasteiger partial charge is 0.444 e. The van der Waals surface area contributed by atoms with Crippen LogP contribution in [0.25, 0.3) is 10.8 Å². The lowest BCUT2D eigenvalue weighted by atomic mass is 9.90. The van der Waals surface area contributed by atoms with Gasteiger partial charge in [-0.1, -0.05) is 61.5 Å². The molecule has 0 aromatic heterocycles. The molecule has 0 bridgehead atoms. The van der Waals surface area contributed by atoms with Gasteiger partial charge in [0.25, 0.3) is 5.91 Å². The summed E-state index contributed by atoms with van der Waals surface area (Å²) in [7, 11) is 0. The number of nitrogens with two attached hydrogens (primary N) is 1. The lowest BCUT2D eigenvalue weighted by Crippen LogP contribution is -2.59. The van der Waals surface area contributed by atoms with Gasteiger partial charge in [-0.25, -0.2) is 4.79 Å². The number of alkyl carbamates (subject to hydrolysis) is 1. The van der Waals surface area contributed by atoms with Gasteiger partial charge in [0.05, 0.1) is 0 Å². The van der Waals surface area contributed by atoms with Crippen LogP contribution in [0, 0.1) is 6.92 Å². The topological polar surface area (TPSA) is 131 Å². The summed E-state index contributed by atoms with van der Waals surface area (Å²) >= 11 is 0. The first-order valence-electron chi connectivity index (χ1n) is 14.6. The first-order valence-corrected chi connectivity index (χ1v) is 14.6. The average molecular weight is 589 g/mol. The second kappa shape index (κ2) is 13.7. The van der Waals surface area contributed by atoms with Crippen molar-refractivity contribution >= 4 is 40.3 Å². The number of primary amides is 1. The van der Waals surface area contributed by atoms with E-state index in [1.165, 1.54) is 4.90 Å². The van der Waals surface area contributed by atoms with Gasteiger partial charge >= 0.3 is 6.09 Å². The van der Waals surface area contributed by atoms with Crippen molar-refractivity contribution < 1.29 is 23.9 Å². The van der Waals surface area contributed by atoms with Crippen molar-refractivity contribution in [3.05, 3.63) is 77.9 Å². The number of ether oxygens (including phenoxy) is 1. The van der Waals surface area contributed by atoms with Gasteiger partial charge in [-0.05, 0) is 88.4 Å². The SMILES string of the molecule is CCC(C)(C)N(C(=O)C(CCC(N)=O)NC(=O)OC(C)(C)C)C(C(=O)Nc1ccc2ccccc2c1)c1ccccc1C. The molecule has 0 spiro atoms. The zero-order chi connectivity index (χ0) is 31.9. The highest BCUT2D eigenvalue weighted by molar-refractivity contribution is 6.01. The minimum atomic E-state index is -1.17. The van der Waals surface area contributed by atoms with E-state index in [1.807, 2.05) is 94.4 Å². The summed E-state index contributed by atoms with van der Waals surface area (Å²) < 4.78 is 5.43. The Labute approximate surface area is 254 Å². The molecule has 0 saturated carbocycles. The first kappa shape index (κ1) is 33.1. The fourth-order valence-corrected chi connectivity index (χ4v) is 4.88. The van der Waals surface area contributed by atoms with E-state index in [4.69, 9.17) is 10.5 Å². The minimum Gasteiger partial charge on any atom is -0.444 e. The molecule has 0 heterocycles. The van der Waals surface area contributed by atoms with Gasteiger partial charge in [0.2, 0.25) is 11.8 Å². The number of carbonyl (C=O) groups excluding carboxylic acids is 4. The van der Waals surface area contributed by atoms with Gasteiger partial charge in [-0.15, -0.1) is 0 Å². The van der Waals surface area contributed by atoms with Crippen LogP contribution in [0.15, 0.2) is 66.7 Å². The molecule has 4 amide bonds. The highest BCUT2D eigenvalue weighted by Gasteiger charge is 2.43. The van der Waals surface area contributed by atoms with Crippen LogP contribution >= 0.6 is 0 Å². The normalized spacial score (nSPS) is 13.1. The van der Waals surface area contributed by atoms with Crippen molar-refractivity contribution in [2.75, 3.05) is 5.32 Å². The number of amides is 4. The molecule has 4 N–H and O–H groups in total. The third kappa shape index (κ3) is 8.80. The predicted octanol–water partition coefficient (Wildman–Crippen LogP) is 6.00. The molecule has 3 rings (SSSR count). The smallest absolute Gasteiger partial charge is 0.408 e. The molecule has 3 aromatic carbocycles. The Morgan fingerprint density at radius 3 is 2.14 bits per heavy atom. The van der Waals surface area contributed by atoms with Crippen molar-refractivity contribution in [1.82, 2.24) is 10.2 Å².